The third-order valence-corrected chi connectivity index (χ3v) is 5.42. The second kappa shape index (κ2) is 7.71. The van der Waals surface area contributed by atoms with E-state index < -0.39 is 0 Å². The molecule has 0 atom stereocenters. The number of nitrogens with zero attached hydrogens (tertiary/aromatic N) is 2. The van der Waals surface area contributed by atoms with Gasteiger partial charge in [0.25, 0.3) is 0 Å². The minimum absolute atomic E-state index is 0.215. The van der Waals surface area contributed by atoms with E-state index in [9.17, 15) is 4.39 Å². The number of hydrogen-bond acceptors (Lipinski definition) is 3. The van der Waals surface area contributed by atoms with E-state index in [2.05, 4.69) is 9.80 Å². The second-order valence-corrected chi connectivity index (χ2v) is 7.25. The lowest BCUT2D eigenvalue weighted by molar-refractivity contribution is 0.385. The van der Waals surface area contributed by atoms with Gasteiger partial charge in [0.15, 0.2) is 5.76 Å². The van der Waals surface area contributed by atoms with Gasteiger partial charge < -0.3 is 14.2 Å². The predicted molar refractivity (Wildman–Crippen MR) is 111 cm³/mol. The van der Waals surface area contributed by atoms with Crippen LogP contribution in [0.2, 0.25) is 5.02 Å². The zero-order chi connectivity index (χ0) is 18.8. The van der Waals surface area contributed by atoms with E-state index in [-0.39, 0.29) is 5.82 Å². The van der Waals surface area contributed by atoms with Crippen LogP contribution in [0, 0.1) is 5.82 Å². The maximum absolute atomic E-state index is 13.1. The molecular formula is C21H18ClFN2OS. The van der Waals surface area contributed by atoms with Gasteiger partial charge >= 0.3 is 0 Å². The van der Waals surface area contributed by atoms with E-state index in [1.165, 1.54) is 12.1 Å². The summed E-state index contributed by atoms with van der Waals surface area (Å²) in [5.74, 6) is 1.26. The Morgan fingerprint density at radius 2 is 1.56 bits per heavy atom. The number of hydrogen-bond donors (Lipinski definition) is 0. The number of anilines is 1. The highest BCUT2D eigenvalue weighted by molar-refractivity contribution is 7.80. The molecule has 1 aliphatic rings. The first kappa shape index (κ1) is 18.0. The van der Waals surface area contributed by atoms with Gasteiger partial charge in [0.05, 0.1) is 0 Å². The molecule has 0 spiro atoms. The zero-order valence-electron chi connectivity index (χ0n) is 14.6. The zero-order valence-corrected chi connectivity index (χ0v) is 16.1. The van der Waals surface area contributed by atoms with E-state index in [4.69, 9.17) is 28.2 Å². The molecule has 2 aromatic carbocycles. The molecule has 0 aliphatic carbocycles. The van der Waals surface area contributed by atoms with E-state index >= 15 is 0 Å². The van der Waals surface area contributed by atoms with Crippen LogP contribution in [-0.2, 0) is 0 Å². The van der Waals surface area contributed by atoms with Crippen LogP contribution in [0.15, 0.2) is 65.1 Å². The lowest BCUT2D eigenvalue weighted by Gasteiger charge is -2.37. The summed E-state index contributed by atoms with van der Waals surface area (Å²) in [5.41, 5.74) is 2.00. The van der Waals surface area contributed by atoms with E-state index in [0.717, 1.165) is 43.2 Å². The fraction of sp³-hybridized carbons (Fsp3) is 0.190. The molecule has 0 bridgehead atoms. The molecule has 1 aromatic heterocycles. The third kappa shape index (κ3) is 3.99. The average molecular weight is 401 g/mol. The van der Waals surface area contributed by atoms with Crippen molar-refractivity contribution in [2.45, 2.75) is 0 Å². The van der Waals surface area contributed by atoms with Crippen molar-refractivity contribution in [3.8, 4) is 11.3 Å². The normalized spacial score (nSPS) is 14.4. The van der Waals surface area contributed by atoms with Crippen molar-refractivity contribution in [1.82, 2.24) is 4.90 Å². The van der Waals surface area contributed by atoms with Crippen LogP contribution < -0.4 is 4.90 Å². The Balaban J connectivity index is 1.41. The number of halogens is 2. The fourth-order valence-corrected chi connectivity index (χ4v) is 3.62. The molecule has 3 aromatic rings. The Kier molecular flexibility index (Phi) is 5.14. The van der Waals surface area contributed by atoms with E-state index in [1.807, 2.05) is 48.5 Å². The Morgan fingerprint density at radius 1 is 0.889 bits per heavy atom. The van der Waals surface area contributed by atoms with Crippen LogP contribution in [0.25, 0.3) is 11.3 Å². The van der Waals surface area contributed by atoms with Crippen LogP contribution in [0.3, 0.4) is 0 Å². The molecule has 0 saturated carbocycles. The van der Waals surface area contributed by atoms with Crippen molar-refractivity contribution in [3.63, 3.8) is 0 Å². The van der Waals surface area contributed by atoms with Crippen molar-refractivity contribution < 1.29 is 8.81 Å². The smallest absolute Gasteiger partial charge is 0.162 e. The monoisotopic (exact) mass is 400 g/mol. The van der Waals surface area contributed by atoms with Gasteiger partial charge in [-0.2, -0.15) is 0 Å². The van der Waals surface area contributed by atoms with Gasteiger partial charge in [0, 0.05) is 42.5 Å². The van der Waals surface area contributed by atoms with Gasteiger partial charge in [0.2, 0.25) is 0 Å². The first-order chi connectivity index (χ1) is 13.1. The molecule has 1 fully saturated rings. The Bertz CT molecular complexity index is 932. The van der Waals surface area contributed by atoms with Crippen molar-refractivity contribution >= 4 is 34.5 Å². The average Bonchev–Trinajstić information content (AvgIpc) is 3.19. The molecule has 0 unspecified atom stereocenters. The van der Waals surface area contributed by atoms with Crippen LogP contribution >= 0.6 is 23.8 Å². The summed E-state index contributed by atoms with van der Waals surface area (Å²) in [7, 11) is 0. The van der Waals surface area contributed by atoms with Crippen molar-refractivity contribution in [2.75, 3.05) is 31.1 Å². The van der Waals surface area contributed by atoms with Gasteiger partial charge in [-0.1, -0.05) is 23.8 Å². The molecule has 1 aliphatic heterocycles. The largest absolute Gasteiger partial charge is 0.454 e. The molecule has 27 heavy (non-hydrogen) atoms. The summed E-state index contributed by atoms with van der Waals surface area (Å²) in [4.78, 5) is 5.11. The molecule has 1 saturated heterocycles. The summed E-state index contributed by atoms with van der Waals surface area (Å²) in [6.07, 6.45) is 0. The topological polar surface area (TPSA) is 19.6 Å². The summed E-state index contributed by atoms with van der Waals surface area (Å²) in [5, 5.41) is 0.695. The minimum atomic E-state index is -0.215. The molecule has 6 heteroatoms. The van der Waals surface area contributed by atoms with Crippen LogP contribution in [0.4, 0.5) is 10.1 Å². The van der Waals surface area contributed by atoms with Crippen molar-refractivity contribution in [2.24, 2.45) is 0 Å². The molecule has 138 valence electrons. The highest BCUT2D eigenvalue weighted by Gasteiger charge is 2.22. The highest BCUT2D eigenvalue weighted by Crippen LogP contribution is 2.25. The molecule has 3 nitrogen and oxygen atoms in total. The molecule has 2 heterocycles. The molecule has 4 rings (SSSR count). The van der Waals surface area contributed by atoms with Gasteiger partial charge in [-0.15, -0.1) is 0 Å². The number of piperazine rings is 1. The second-order valence-electron chi connectivity index (χ2n) is 6.43. The highest BCUT2D eigenvalue weighted by atomic mass is 35.5. The maximum Gasteiger partial charge on any atom is 0.162 e. The summed E-state index contributed by atoms with van der Waals surface area (Å²) >= 11 is 11.6. The number of thiocarbonyl (C=S) groups is 1. The standard InChI is InChI=1S/C21H18ClFN2OS/c22-16-3-1-15(2-4-16)19-9-10-20(26-19)21(27)25-13-11-24(12-14-25)18-7-5-17(23)6-8-18/h1-10H,11-14H2. The predicted octanol–water partition coefficient (Wildman–Crippen LogP) is 5.24. The van der Waals surface area contributed by atoms with Gasteiger partial charge in [-0.05, 0) is 60.7 Å². The van der Waals surface area contributed by atoms with Crippen LogP contribution in [0.1, 0.15) is 5.76 Å². The lowest BCUT2D eigenvalue weighted by Crippen LogP contribution is -2.48. The Labute approximate surface area is 168 Å². The number of furan rings is 1. The quantitative estimate of drug-likeness (QED) is 0.560. The lowest BCUT2D eigenvalue weighted by atomic mass is 10.2. The maximum atomic E-state index is 13.1. The van der Waals surface area contributed by atoms with Crippen LogP contribution in [0.5, 0.6) is 0 Å². The number of benzene rings is 2. The van der Waals surface area contributed by atoms with Gasteiger partial charge in [-0.25, -0.2) is 4.39 Å². The molecule has 0 radical (unpaired) electrons. The van der Waals surface area contributed by atoms with Crippen molar-refractivity contribution in [1.29, 1.82) is 0 Å². The molecule has 0 amide bonds. The van der Waals surface area contributed by atoms with Crippen molar-refractivity contribution in [3.05, 3.63) is 77.3 Å². The Morgan fingerprint density at radius 3 is 2.22 bits per heavy atom. The van der Waals surface area contributed by atoms with Crippen LogP contribution in [-0.4, -0.2) is 36.1 Å². The third-order valence-electron chi connectivity index (χ3n) is 4.70. The first-order valence-electron chi connectivity index (χ1n) is 8.76. The summed E-state index contributed by atoms with van der Waals surface area (Å²) < 4.78 is 19.1. The fourth-order valence-electron chi connectivity index (χ4n) is 3.20. The van der Waals surface area contributed by atoms with Gasteiger partial charge in [0.1, 0.15) is 16.6 Å². The SMILES string of the molecule is Fc1ccc(N2CCN(C(=S)c3ccc(-c4ccc(Cl)cc4)o3)CC2)cc1. The van der Waals surface area contributed by atoms with Gasteiger partial charge in [-0.3, -0.25) is 0 Å². The van der Waals surface area contributed by atoms with E-state index in [0.29, 0.717) is 15.8 Å². The summed E-state index contributed by atoms with van der Waals surface area (Å²) in [6.45, 7) is 3.26. The number of rotatable bonds is 3. The minimum Gasteiger partial charge on any atom is -0.454 e. The first-order valence-corrected chi connectivity index (χ1v) is 9.54. The van der Waals surface area contributed by atoms with E-state index in [1.54, 1.807) is 0 Å². The molecular weight excluding hydrogens is 383 g/mol. The molecule has 0 N–H and O–H groups in total. The Hall–Kier alpha value is -2.37. The summed E-state index contributed by atoms with van der Waals surface area (Å²) in [6, 6.07) is 18.0.